The third-order valence-corrected chi connectivity index (χ3v) is 2.96. The average molecular weight is 230 g/mol. The molecule has 1 aromatic heterocycles. The highest BCUT2D eigenvalue weighted by Gasteiger charge is 2.17. The van der Waals surface area contributed by atoms with E-state index < -0.39 is 11.2 Å². The van der Waals surface area contributed by atoms with Crippen LogP contribution in [0, 0.1) is 0 Å². The maximum atomic E-state index is 11.3. The van der Waals surface area contributed by atoms with Crippen molar-refractivity contribution in [3.05, 3.63) is 10.5 Å². The Balaban J connectivity index is 2.96. The van der Waals surface area contributed by atoms with Gasteiger partial charge in [-0.25, -0.2) is 9.89 Å². The lowest BCUT2D eigenvalue weighted by Crippen LogP contribution is -2.24. The number of aromatic nitrogens is 3. The second-order valence-corrected chi connectivity index (χ2v) is 4.75. The predicted octanol–water partition coefficient (Wildman–Crippen LogP) is 0.118. The van der Waals surface area contributed by atoms with Gasteiger partial charge in [-0.15, -0.1) is 5.10 Å². The lowest BCUT2D eigenvalue weighted by molar-refractivity contribution is -0.117. The topological polar surface area (TPSA) is 93.8 Å². The second-order valence-electron chi connectivity index (χ2n) is 3.44. The van der Waals surface area contributed by atoms with Crippen LogP contribution >= 0.6 is 11.8 Å². The Labute approximate surface area is 91.2 Å². The van der Waals surface area contributed by atoms with Gasteiger partial charge in [0.25, 0.3) is 0 Å². The molecule has 84 valence electrons. The monoisotopic (exact) mass is 230 g/mol. The van der Waals surface area contributed by atoms with E-state index in [4.69, 9.17) is 5.73 Å². The lowest BCUT2D eigenvalue weighted by Gasteiger charge is -2.10. The van der Waals surface area contributed by atoms with Gasteiger partial charge >= 0.3 is 5.69 Å². The Morgan fingerprint density at radius 1 is 1.53 bits per heavy atom. The van der Waals surface area contributed by atoms with Crippen molar-refractivity contribution in [3.63, 3.8) is 0 Å². The van der Waals surface area contributed by atoms with Gasteiger partial charge in [0, 0.05) is 6.04 Å². The van der Waals surface area contributed by atoms with Crippen molar-refractivity contribution in [3.8, 4) is 0 Å². The lowest BCUT2D eigenvalue weighted by atomic mass is 10.4. The quantitative estimate of drug-likeness (QED) is 0.718. The molecule has 0 spiro atoms. The van der Waals surface area contributed by atoms with Crippen LogP contribution in [0.15, 0.2) is 9.95 Å². The van der Waals surface area contributed by atoms with E-state index in [2.05, 4.69) is 10.2 Å². The minimum absolute atomic E-state index is 0.00109. The summed E-state index contributed by atoms with van der Waals surface area (Å²) in [5, 5.41) is 6.27. The number of primary amides is 1. The third-order valence-electron chi connectivity index (χ3n) is 1.87. The van der Waals surface area contributed by atoms with Crippen LogP contribution in [0.5, 0.6) is 0 Å². The van der Waals surface area contributed by atoms with Crippen molar-refractivity contribution in [2.24, 2.45) is 5.73 Å². The van der Waals surface area contributed by atoms with Gasteiger partial charge < -0.3 is 5.73 Å². The molecule has 0 fully saturated rings. The molecule has 1 atom stereocenters. The largest absolute Gasteiger partial charge is 0.369 e. The van der Waals surface area contributed by atoms with Gasteiger partial charge in [-0.3, -0.25) is 9.36 Å². The first-order valence-corrected chi connectivity index (χ1v) is 5.44. The van der Waals surface area contributed by atoms with Crippen LogP contribution in [-0.2, 0) is 4.79 Å². The fraction of sp³-hybridized carbons (Fsp3) is 0.625. The van der Waals surface area contributed by atoms with Gasteiger partial charge in [0.05, 0.1) is 5.25 Å². The highest BCUT2D eigenvalue weighted by atomic mass is 32.2. The van der Waals surface area contributed by atoms with Crippen LogP contribution in [0.25, 0.3) is 0 Å². The third kappa shape index (κ3) is 2.62. The number of carbonyl (C=O) groups excluding carboxylic acids is 1. The number of thioether (sulfide) groups is 1. The highest BCUT2D eigenvalue weighted by Crippen LogP contribution is 2.21. The molecule has 0 saturated heterocycles. The molecule has 0 radical (unpaired) electrons. The van der Waals surface area contributed by atoms with E-state index in [1.165, 1.54) is 16.3 Å². The molecule has 0 aliphatic rings. The van der Waals surface area contributed by atoms with Gasteiger partial charge in [0.15, 0.2) is 5.16 Å². The van der Waals surface area contributed by atoms with Crippen molar-refractivity contribution in [2.75, 3.05) is 0 Å². The molecule has 0 aliphatic carbocycles. The minimum Gasteiger partial charge on any atom is -0.369 e. The predicted molar refractivity (Wildman–Crippen MR) is 57.7 cm³/mol. The van der Waals surface area contributed by atoms with E-state index in [-0.39, 0.29) is 11.7 Å². The fourth-order valence-electron chi connectivity index (χ4n) is 1.04. The van der Waals surface area contributed by atoms with Gasteiger partial charge in [-0.2, -0.15) is 0 Å². The Bertz CT molecular complexity index is 409. The summed E-state index contributed by atoms with van der Waals surface area (Å²) >= 11 is 1.17. The number of carbonyl (C=O) groups is 1. The van der Waals surface area contributed by atoms with E-state index in [9.17, 15) is 9.59 Å². The zero-order valence-electron chi connectivity index (χ0n) is 8.85. The molecule has 1 aromatic rings. The Morgan fingerprint density at radius 2 is 2.13 bits per heavy atom. The molecule has 0 bridgehead atoms. The number of nitrogens with one attached hydrogen (secondary N) is 1. The Morgan fingerprint density at radius 3 is 2.60 bits per heavy atom. The number of nitrogens with zero attached hydrogens (tertiary/aromatic N) is 2. The van der Waals surface area contributed by atoms with Gasteiger partial charge in [0.2, 0.25) is 5.91 Å². The number of nitrogens with two attached hydrogens (primary N) is 1. The van der Waals surface area contributed by atoms with Crippen molar-refractivity contribution in [1.82, 2.24) is 14.8 Å². The average Bonchev–Trinajstić information content (AvgIpc) is 2.46. The molecule has 1 unspecified atom stereocenters. The molecule has 1 rings (SSSR count). The normalized spacial score (nSPS) is 13.1. The molecule has 6 nitrogen and oxygen atoms in total. The van der Waals surface area contributed by atoms with E-state index in [0.717, 1.165) is 0 Å². The van der Waals surface area contributed by atoms with Crippen molar-refractivity contribution in [1.29, 1.82) is 0 Å². The molecule has 0 aliphatic heterocycles. The first-order chi connectivity index (χ1) is 6.93. The molecule has 0 saturated carbocycles. The minimum atomic E-state index is -0.425. The summed E-state index contributed by atoms with van der Waals surface area (Å²) in [4.78, 5) is 22.2. The number of amides is 1. The van der Waals surface area contributed by atoms with Gasteiger partial charge in [-0.1, -0.05) is 11.8 Å². The van der Waals surface area contributed by atoms with Gasteiger partial charge in [-0.05, 0) is 20.8 Å². The van der Waals surface area contributed by atoms with Crippen molar-refractivity contribution in [2.45, 2.75) is 37.2 Å². The van der Waals surface area contributed by atoms with Crippen molar-refractivity contribution < 1.29 is 4.79 Å². The van der Waals surface area contributed by atoms with Crippen LogP contribution < -0.4 is 11.4 Å². The molecular weight excluding hydrogens is 216 g/mol. The summed E-state index contributed by atoms with van der Waals surface area (Å²) in [5.41, 5.74) is 4.86. The van der Waals surface area contributed by atoms with Crippen LogP contribution in [0.2, 0.25) is 0 Å². The van der Waals surface area contributed by atoms with Crippen LogP contribution in [-0.4, -0.2) is 25.9 Å². The Kier molecular flexibility index (Phi) is 3.57. The van der Waals surface area contributed by atoms with Crippen LogP contribution in [0.3, 0.4) is 0 Å². The number of H-pyrrole nitrogens is 1. The summed E-state index contributed by atoms with van der Waals surface area (Å²) in [6.07, 6.45) is 0. The molecule has 3 N–H and O–H groups in total. The standard InChI is InChI=1S/C8H14N4O2S/c1-4(2)12-7(14)10-11-8(12)15-5(3)6(9)13/h4-5H,1-3H3,(H2,9,13)(H,10,14). The number of hydrogen-bond donors (Lipinski definition) is 2. The second kappa shape index (κ2) is 4.52. The molecule has 0 aromatic carbocycles. The smallest absolute Gasteiger partial charge is 0.344 e. The first kappa shape index (κ1) is 11.8. The first-order valence-electron chi connectivity index (χ1n) is 4.56. The summed E-state index contributed by atoms with van der Waals surface area (Å²) in [5.74, 6) is -0.425. The SMILES string of the molecule is CC(Sc1n[nH]c(=O)n1C(C)C)C(N)=O. The summed E-state index contributed by atoms with van der Waals surface area (Å²) in [6, 6.07) is -0.00109. The zero-order chi connectivity index (χ0) is 11.6. The van der Waals surface area contributed by atoms with Crippen molar-refractivity contribution >= 4 is 17.7 Å². The number of rotatable bonds is 4. The van der Waals surface area contributed by atoms with Gasteiger partial charge in [0.1, 0.15) is 0 Å². The Hall–Kier alpha value is -1.24. The molecule has 1 heterocycles. The van der Waals surface area contributed by atoms with E-state index in [1.54, 1.807) is 6.92 Å². The number of hydrogen-bond acceptors (Lipinski definition) is 4. The maximum absolute atomic E-state index is 11.3. The number of aromatic amines is 1. The molecule has 1 amide bonds. The molecule has 7 heteroatoms. The van der Waals surface area contributed by atoms with Crippen LogP contribution in [0.4, 0.5) is 0 Å². The van der Waals surface area contributed by atoms with E-state index in [0.29, 0.717) is 5.16 Å². The zero-order valence-corrected chi connectivity index (χ0v) is 9.67. The maximum Gasteiger partial charge on any atom is 0.344 e. The summed E-state index contributed by atoms with van der Waals surface area (Å²) in [6.45, 7) is 5.42. The van der Waals surface area contributed by atoms with E-state index in [1.807, 2.05) is 13.8 Å². The fourth-order valence-corrected chi connectivity index (χ4v) is 1.98. The highest BCUT2D eigenvalue weighted by molar-refractivity contribution is 8.00. The summed E-state index contributed by atoms with van der Waals surface area (Å²) in [7, 11) is 0. The molecular formula is C8H14N4O2S. The summed E-state index contributed by atoms with van der Waals surface area (Å²) < 4.78 is 1.49. The van der Waals surface area contributed by atoms with E-state index >= 15 is 0 Å². The molecule has 15 heavy (non-hydrogen) atoms. The van der Waals surface area contributed by atoms with Crippen LogP contribution in [0.1, 0.15) is 26.8 Å².